The molecule has 0 spiro atoms. The van der Waals surface area contributed by atoms with Crippen LogP contribution in [-0.4, -0.2) is 40.0 Å². The van der Waals surface area contributed by atoms with Crippen molar-refractivity contribution in [2.75, 3.05) is 0 Å². The van der Waals surface area contributed by atoms with Crippen LogP contribution >= 0.6 is 0 Å². The monoisotopic (exact) mass is 391 g/mol. The summed E-state index contributed by atoms with van der Waals surface area (Å²) in [6.45, 7) is 1.37. The third-order valence-electron chi connectivity index (χ3n) is 3.81. The molecule has 3 N–H and O–H groups in total. The zero-order valence-corrected chi connectivity index (χ0v) is 15.0. The number of rotatable bonds is 8. The van der Waals surface area contributed by atoms with E-state index in [4.69, 9.17) is 0 Å². The van der Waals surface area contributed by atoms with Crippen molar-refractivity contribution in [1.82, 2.24) is 15.6 Å². The van der Waals surface area contributed by atoms with Crippen molar-refractivity contribution in [3.8, 4) is 0 Å². The molecule has 0 aliphatic carbocycles. The van der Waals surface area contributed by atoms with Gasteiger partial charge in [-0.1, -0.05) is 6.07 Å². The van der Waals surface area contributed by atoms with E-state index in [1.165, 1.54) is 13.1 Å². The van der Waals surface area contributed by atoms with Crippen molar-refractivity contribution in [2.45, 2.75) is 31.8 Å². The van der Waals surface area contributed by atoms with Crippen molar-refractivity contribution in [2.24, 2.45) is 0 Å². The van der Waals surface area contributed by atoms with Gasteiger partial charge in [0.15, 0.2) is 0 Å². The number of aromatic nitrogens is 1. The summed E-state index contributed by atoms with van der Waals surface area (Å²) in [6.07, 6.45) is 1.15. The molecule has 0 fully saturated rings. The quantitative estimate of drug-likeness (QED) is 0.627. The van der Waals surface area contributed by atoms with Crippen LogP contribution in [0.4, 0.5) is 8.78 Å². The van der Waals surface area contributed by atoms with Crippen LogP contribution in [-0.2, 0) is 27.2 Å². The van der Waals surface area contributed by atoms with E-state index in [-0.39, 0.29) is 18.4 Å². The highest BCUT2D eigenvalue weighted by atomic mass is 19.1. The summed E-state index contributed by atoms with van der Waals surface area (Å²) in [6, 6.07) is 5.45. The molecular weight excluding hydrogens is 372 g/mol. The van der Waals surface area contributed by atoms with Gasteiger partial charge in [-0.3, -0.25) is 14.6 Å². The van der Waals surface area contributed by atoms with Crippen LogP contribution in [0.2, 0.25) is 0 Å². The number of benzene rings is 1. The van der Waals surface area contributed by atoms with E-state index in [9.17, 15) is 28.3 Å². The molecule has 0 saturated heterocycles. The number of carboxylic acid groups (broad SMARTS) is 1. The lowest BCUT2D eigenvalue weighted by atomic mass is 10.1. The van der Waals surface area contributed by atoms with Gasteiger partial charge in [0.25, 0.3) is 0 Å². The minimum Gasteiger partial charge on any atom is -0.480 e. The fourth-order valence-electron chi connectivity index (χ4n) is 2.48. The normalized spacial score (nSPS) is 12.7. The van der Waals surface area contributed by atoms with Crippen LogP contribution < -0.4 is 10.6 Å². The number of carboxylic acids is 1. The Balaban J connectivity index is 1.92. The van der Waals surface area contributed by atoms with Crippen LogP contribution in [0.3, 0.4) is 0 Å². The van der Waals surface area contributed by atoms with E-state index >= 15 is 0 Å². The second-order valence-electron chi connectivity index (χ2n) is 6.17. The number of pyridine rings is 1. The molecule has 0 saturated carbocycles. The standard InChI is InChI=1S/C19H19F2N3O4/c1-11(23-17(25)8-12-6-13(20)9-14(21)7-12)18(26)24-16(19(27)28)10-15-4-2-3-5-22-15/h2-7,9,11,16H,8,10H2,1H3,(H,23,25)(H,24,26)(H,27,28)/t11-,16-/m0/s1. The molecular formula is C19H19F2N3O4. The van der Waals surface area contributed by atoms with E-state index in [0.717, 1.165) is 12.1 Å². The molecule has 2 amide bonds. The number of amides is 2. The highest BCUT2D eigenvalue weighted by Gasteiger charge is 2.24. The molecule has 2 rings (SSSR count). The number of nitrogens with zero attached hydrogens (tertiary/aromatic N) is 1. The van der Waals surface area contributed by atoms with Gasteiger partial charge in [-0.2, -0.15) is 0 Å². The van der Waals surface area contributed by atoms with Gasteiger partial charge in [0.05, 0.1) is 6.42 Å². The van der Waals surface area contributed by atoms with Gasteiger partial charge in [-0.05, 0) is 36.8 Å². The van der Waals surface area contributed by atoms with Crippen molar-refractivity contribution >= 4 is 17.8 Å². The van der Waals surface area contributed by atoms with Gasteiger partial charge in [0.2, 0.25) is 11.8 Å². The van der Waals surface area contributed by atoms with Crippen LogP contribution in [0.15, 0.2) is 42.6 Å². The van der Waals surface area contributed by atoms with Gasteiger partial charge < -0.3 is 15.7 Å². The van der Waals surface area contributed by atoms with Crippen molar-refractivity contribution in [1.29, 1.82) is 0 Å². The van der Waals surface area contributed by atoms with Crippen LogP contribution in [0.25, 0.3) is 0 Å². The molecule has 0 radical (unpaired) electrons. The van der Waals surface area contributed by atoms with Crippen LogP contribution in [0.1, 0.15) is 18.2 Å². The van der Waals surface area contributed by atoms with Crippen LogP contribution in [0, 0.1) is 11.6 Å². The van der Waals surface area contributed by atoms with E-state index in [2.05, 4.69) is 15.6 Å². The second kappa shape index (κ2) is 9.54. The number of hydrogen-bond acceptors (Lipinski definition) is 4. The Bertz CT molecular complexity index is 841. The lowest BCUT2D eigenvalue weighted by Gasteiger charge is -2.18. The Hall–Kier alpha value is -3.36. The lowest BCUT2D eigenvalue weighted by molar-refractivity contribution is -0.142. The van der Waals surface area contributed by atoms with Gasteiger partial charge in [-0.25, -0.2) is 13.6 Å². The van der Waals surface area contributed by atoms with Crippen LogP contribution in [0.5, 0.6) is 0 Å². The molecule has 28 heavy (non-hydrogen) atoms. The average Bonchev–Trinajstić information content (AvgIpc) is 2.60. The predicted molar refractivity (Wildman–Crippen MR) is 95.2 cm³/mol. The lowest BCUT2D eigenvalue weighted by Crippen LogP contribution is -2.51. The van der Waals surface area contributed by atoms with E-state index in [1.54, 1.807) is 18.2 Å². The number of carbonyl (C=O) groups is 3. The Morgan fingerprint density at radius 3 is 2.36 bits per heavy atom. The summed E-state index contributed by atoms with van der Waals surface area (Å²) in [5, 5.41) is 14.0. The molecule has 1 aromatic carbocycles. The summed E-state index contributed by atoms with van der Waals surface area (Å²) >= 11 is 0. The summed E-state index contributed by atoms with van der Waals surface area (Å²) in [4.78, 5) is 39.6. The first-order valence-corrected chi connectivity index (χ1v) is 8.42. The Morgan fingerprint density at radius 1 is 1.11 bits per heavy atom. The third-order valence-corrected chi connectivity index (χ3v) is 3.81. The highest BCUT2D eigenvalue weighted by molar-refractivity contribution is 5.90. The number of nitrogens with one attached hydrogen (secondary N) is 2. The first-order chi connectivity index (χ1) is 13.2. The molecule has 1 aromatic heterocycles. The summed E-state index contributed by atoms with van der Waals surface area (Å²) in [5.41, 5.74) is 0.598. The van der Waals surface area contributed by atoms with Gasteiger partial charge >= 0.3 is 5.97 Å². The molecule has 148 valence electrons. The van der Waals surface area contributed by atoms with E-state index in [1.807, 2.05) is 0 Å². The van der Waals surface area contributed by atoms with Gasteiger partial charge in [0, 0.05) is 24.4 Å². The first kappa shape index (κ1) is 20.9. The second-order valence-corrected chi connectivity index (χ2v) is 6.17. The minimum atomic E-state index is -1.24. The third kappa shape index (κ3) is 6.42. The Labute approximate surface area is 159 Å². The number of halogens is 2. The largest absolute Gasteiger partial charge is 0.480 e. The van der Waals surface area contributed by atoms with E-state index < -0.39 is 41.5 Å². The maximum Gasteiger partial charge on any atom is 0.326 e. The van der Waals surface area contributed by atoms with Crippen molar-refractivity contribution in [3.63, 3.8) is 0 Å². The fraction of sp³-hybridized carbons (Fsp3) is 0.263. The molecule has 0 aliphatic rings. The fourth-order valence-corrected chi connectivity index (χ4v) is 2.48. The minimum absolute atomic E-state index is 0.0227. The maximum absolute atomic E-state index is 13.2. The van der Waals surface area contributed by atoms with Crippen molar-refractivity contribution in [3.05, 3.63) is 65.5 Å². The molecule has 0 unspecified atom stereocenters. The summed E-state index contributed by atoms with van der Waals surface area (Å²) in [7, 11) is 0. The number of hydrogen-bond donors (Lipinski definition) is 3. The zero-order chi connectivity index (χ0) is 20.7. The summed E-state index contributed by atoms with van der Waals surface area (Å²) < 4.78 is 26.3. The maximum atomic E-state index is 13.2. The molecule has 0 bridgehead atoms. The first-order valence-electron chi connectivity index (χ1n) is 8.42. The predicted octanol–water partition coefficient (Wildman–Crippen LogP) is 1.22. The smallest absolute Gasteiger partial charge is 0.326 e. The molecule has 2 aromatic rings. The number of carbonyl (C=O) groups excluding carboxylic acids is 2. The highest BCUT2D eigenvalue weighted by Crippen LogP contribution is 2.08. The van der Waals surface area contributed by atoms with E-state index in [0.29, 0.717) is 11.8 Å². The molecule has 7 nitrogen and oxygen atoms in total. The molecule has 2 atom stereocenters. The Morgan fingerprint density at radius 2 is 1.79 bits per heavy atom. The topological polar surface area (TPSA) is 108 Å². The number of aliphatic carboxylic acids is 1. The SMILES string of the molecule is C[C@H](NC(=O)Cc1cc(F)cc(F)c1)C(=O)N[C@@H](Cc1ccccn1)C(=O)O. The van der Waals surface area contributed by atoms with Gasteiger partial charge in [-0.15, -0.1) is 0 Å². The average molecular weight is 391 g/mol. The zero-order valence-electron chi connectivity index (χ0n) is 15.0. The van der Waals surface area contributed by atoms with Crippen molar-refractivity contribution < 1.29 is 28.3 Å². The molecule has 1 heterocycles. The molecule has 0 aliphatic heterocycles. The Kier molecular flexibility index (Phi) is 7.14. The summed E-state index contributed by atoms with van der Waals surface area (Å²) in [5.74, 6) is -4.21. The van der Waals surface area contributed by atoms with Gasteiger partial charge in [0.1, 0.15) is 23.7 Å². The molecule has 9 heteroatoms.